The van der Waals surface area contributed by atoms with Crippen molar-refractivity contribution in [2.75, 3.05) is 13.2 Å². The van der Waals surface area contributed by atoms with Crippen molar-refractivity contribution < 1.29 is 9.26 Å². The van der Waals surface area contributed by atoms with Gasteiger partial charge >= 0.3 is 0 Å². The molecule has 0 saturated heterocycles. The van der Waals surface area contributed by atoms with Crippen LogP contribution in [0.4, 0.5) is 0 Å². The van der Waals surface area contributed by atoms with Gasteiger partial charge in [-0.25, -0.2) is 0 Å². The van der Waals surface area contributed by atoms with Crippen LogP contribution in [-0.4, -0.2) is 33.3 Å². The van der Waals surface area contributed by atoms with E-state index in [1.54, 1.807) is 0 Å². The highest BCUT2D eigenvalue weighted by molar-refractivity contribution is 7.80. The number of hydrogen-bond donors (Lipinski definition) is 1. The van der Waals surface area contributed by atoms with E-state index in [1.807, 2.05) is 31.2 Å². The number of ether oxygens (including phenoxy) is 1. The number of nitrogens with one attached hydrogen (secondary N) is 1. The molecule has 1 N–H and O–H groups in total. The maximum absolute atomic E-state index is 5.83. The van der Waals surface area contributed by atoms with Crippen molar-refractivity contribution in [1.82, 2.24) is 20.4 Å². The monoisotopic (exact) mass is 476 g/mol. The molecule has 0 fully saturated rings. The molecule has 1 atom stereocenters. The molecule has 2 aromatic carbocycles. The average Bonchev–Trinajstić information content (AvgIpc) is 3.34. The summed E-state index contributed by atoms with van der Waals surface area (Å²) in [7, 11) is 0. The highest BCUT2D eigenvalue weighted by atomic mass is 32.1. The maximum Gasteiger partial charge on any atom is 0.258 e. The molecular formula is C27H32N4O2S. The van der Waals surface area contributed by atoms with E-state index in [0.29, 0.717) is 18.3 Å². The van der Waals surface area contributed by atoms with Crippen LogP contribution in [0.1, 0.15) is 63.6 Å². The quantitative estimate of drug-likeness (QED) is 0.371. The van der Waals surface area contributed by atoms with Gasteiger partial charge in [0, 0.05) is 17.8 Å². The third-order valence-electron chi connectivity index (χ3n) is 6.13. The Morgan fingerprint density at radius 3 is 2.44 bits per heavy atom. The van der Waals surface area contributed by atoms with Gasteiger partial charge in [0.05, 0.1) is 18.2 Å². The Hall–Kier alpha value is -3.19. The Balaban J connectivity index is 1.73. The van der Waals surface area contributed by atoms with Gasteiger partial charge in [-0.2, -0.15) is 4.98 Å². The number of aryl methyl sites for hydroxylation is 1. The van der Waals surface area contributed by atoms with Crippen molar-refractivity contribution in [3.8, 4) is 17.1 Å². The van der Waals surface area contributed by atoms with Crippen LogP contribution in [0.15, 0.2) is 58.8 Å². The fourth-order valence-electron chi connectivity index (χ4n) is 4.16. The van der Waals surface area contributed by atoms with Crippen molar-refractivity contribution in [1.29, 1.82) is 0 Å². The smallest absolute Gasteiger partial charge is 0.258 e. The van der Waals surface area contributed by atoms with Crippen molar-refractivity contribution in [2.24, 2.45) is 0 Å². The number of benzene rings is 2. The predicted molar refractivity (Wildman–Crippen MR) is 139 cm³/mol. The van der Waals surface area contributed by atoms with Crippen LogP contribution in [-0.2, 0) is 6.42 Å². The van der Waals surface area contributed by atoms with Crippen LogP contribution >= 0.6 is 12.2 Å². The summed E-state index contributed by atoms with van der Waals surface area (Å²) in [6.07, 6.45) is 3.13. The summed E-state index contributed by atoms with van der Waals surface area (Å²) >= 11 is 5.76. The minimum atomic E-state index is -0.162. The zero-order valence-electron chi connectivity index (χ0n) is 20.3. The number of unbranched alkanes of at least 4 members (excludes halogenated alkanes) is 1. The van der Waals surface area contributed by atoms with E-state index in [4.69, 9.17) is 26.5 Å². The first-order chi connectivity index (χ1) is 16.5. The number of thiocarbonyl (C=S) groups is 1. The van der Waals surface area contributed by atoms with Gasteiger partial charge in [-0.1, -0.05) is 49.7 Å². The van der Waals surface area contributed by atoms with E-state index in [1.165, 1.54) is 5.56 Å². The third kappa shape index (κ3) is 4.99. The Bertz CT molecular complexity index is 1150. The van der Waals surface area contributed by atoms with E-state index in [0.717, 1.165) is 59.1 Å². The molecule has 34 heavy (non-hydrogen) atoms. The molecule has 2 heterocycles. The van der Waals surface area contributed by atoms with E-state index < -0.39 is 0 Å². The Kier molecular flexibility index (Phi) is 7.63. The van der Waals surface area contributed by atoms with E-state index in [2.05, 4.69) is 60.4 Å². The second kappa shape index (κ2) is 10.8. The lowest BCUT2D eigenvalue weighted by molar-refractivity contribution is 0.340. The van der Waals surface area contributed by atoms with Crippen molar-refractivity contribution >= 4 is 22.9 Å². The summed E-state index contributed by atoms with van der Waals surface area (Å²) < 4.78 is 11.4. The van der Waals surface area contributed by atoms with Gasteiger partial charge in [-0.05, 0) is 74.3 Å². The zero-order valence-corrected chi connectivity index (χ0v) is 21.1. The lowest BCUT2D eigenvalue weighted by atomic mass is 9.93. The van der Waals surface area contributed by atoms with Crippen LogP contribution in [0, 0.1) is 0 Å². The Morgan fingerprint density at radius 2 is 1.79 bits per heavy atom. The van der Waals surface area contributed by atoms with Gasteiger partial charge in [0.25, 0.3) is 5.89 Å². The van der Waals surface area contributed by atoms with E-state index in [-0.39, 0.29) is 6.04 Å². The summed E-state index contributed by atoms with van der Waals surface area (Å²) in [5.74, 6) is 1.87. The molecule has 0 bridgehead atoms. The zero-order chi connectivity index (χ0) is 24.1. The second-order valence-electron chi connectivity index (χ2n) is 8.36. The van der Waals surface area contributed by atoms with Gasteiger partial charge in [0.15, 0.2) is 5.11 Å². The predicted octanol–water partition coefficient (Wildman–Crippen LogP) is 6.16. The lowest BCUT2D eigenvalue weighted by Gasteiger charge is -2.37. The molecule has 4 rings (SSSR count). The molecule has 0 saturated carbocycles. The average molecular weight is 477 g/mol. The molecular weight excluding hydrogens is 444 g/mol. The van der Waals surface area contributed by atoms with Crippen LogP contribution in [0.5, 0.6) is 5.75 Å². The molecule has 0 aliphatic carbocycles. The highest BCUT2D eigenvalue weighted by Gasteiger charge is 2.33. The lowest BCUT2D eigenvalue weighted by Crippen LogP contribution is -2.46. The number of allylic oxidation sites excluding steroid dienone is 1. The van der Waals surface area contributed by atoms with Gasteiger partial charge in [0.2, 0.25) is 5.82 Å². The topological polar surface area (TPSA) is 63.4 Å². The molecule has 7 heteroatoms. The molecule has 6 nitrogen and oxygen atoms in total. The molecule has 1 aliphatic rings. The molecule has 3 aromatic rings. The van der Waals surface area contributed by atoms with Crippen LogP contribution in [0.2, 0.25) is 0 Å². The van der Waals surface area contributed by atoms with Gasteiger partial charge in [0.1, 0.15) is 5.75 Å². The molecule has 0 amide bonds. The normalized spacial score (nSPS) is 16.1. The SMILES string of the molecule is CCCCN1C(=S)NC(c2ccc(CC)cc2)C(c2nc(-c3ccc(OCC)cc3)no2)=C1C. The summed E-state index contributed by atoms with van der Waals surface area (Å²) in [6, 6.07) is 16.2. The van der Waals surface area contributed by atoms with E-state index >= 15 is 0 Å². The summed E-state index contributed by atoms with van der Waals surface area (Å²) in [4.78, 5) is 6.94. The molecule has 178 valence electrons. The number of rotatable bonds is 9. The van der Waals surface area contributed by atoms with Crippen molar-refractivity contribution in [3.05, 3.63) is 71.2 Å². The molecule has 1 aliphatic heterocycles. The molecule has 1 unspecified atom stereocenters. The molecule has 0 radical (unpaired) electrons. The van der Waals surface area contributed by atoms with E-state index in [9.17, 15) is 0 Å². The van der Waals surface area contributed by atoms with Crippen molar-refractivity contribution in [3.63, 3.8) is 0 Å². The summed E-state index contributed by atoms with van der Waals surface area (Å²) in [6.45, 7) is 9.87. The largest absolute Gasteiger partial charge is 0.494 e. The minimum absolute atomic E-state index is 0.162. The third-order valence-corrected chi connectivity index (χ3v) is 6.47. The fraction of sp³-hybridized carbons (Fsp3) is 0.370. The van der Waals surface area contributed by atoms with Gasteiger partial charge in [-0.15, -0.1) is 0 Å². The van der Waals surface area contributed by atoms with Crippen molar-refractivity contribution in [2.45, 2.75) is 53.0 Å². The second-order valence-corrected chi connectivity index (χ2v) is 8.75. The Labute approximate surface area is 207 Å². The minimum Gasteiger partial charge on any atom is -0.494 e. The standard InChI is InChI=1S/C27H32N4O2S/c1-5-8-17-31-18(4)23(24(28-27(31)34)20-11-9-19(6-2)10-12-20)26-29-25(30-33-26)21-13-15-22(16-14-21)32-7-3/h9-16,24H,5-8,17H2,1-4H3,(H,28,34). The van der Waals surface area contributed by atoms with Crippen LogP contribution < -0.4 is 10.1 Å². The van der Waals surface area contributed by atoms with Crippen LogP contribution in [0.3, 0.4) is 0 Å². The number of nitrogens with zero attached hydrogens (tertiary/aromatic N) is 3. The fourth-order valence-corrected chi connectivity index (χ4v) is 4.50. The first-order valence-corrected chi connectivity index (χ1v) is 12.4. The maximum atomic E-state index is 5.83. The molecule has 1 aromatic heterocycles. The van der Waals surface area contributed by atoms with Gasteiger partial charge in [-0.3, -0.25) is 0 Å². The highest BCUT2D eigenvalue weighted by Crippen LogP contribution is 2.37. The first kappa shape index (κ1) is 24.0. The summed E-state index contributed by atoms with van der Waals surface area (Å²) in [5.41, 5.74) is 5.29. The van der Waals surface area contributed by atoms with Crippen LogP contribution in [0.25, 0.3) is 17.0 Å². The number of hydrogen-bond acceptors (Lipinski definition) is 5. The Morgan fingerprint density at radius 1 is 1.06 bits per heavy atom. The number of aromatic nitrogens is 2. The van der Waals surface area contributed by atoms with Gasteiger partial charge < -0.3 is 19.5 Å². The molecule has 0 spiro atoms. The summed E-state index contributed by atoms with van der Waals surface area (Å²) in [5, 5.41) is 8.55. The first-order valence-electron chi connectivity index (χ1n) is 12.0.